The van der Waals surface area contributed by atoms with Crippen molar-refractivity contribution < 1.29 is 13.9 Å². The highest BCUT2D eigenvalue weighted by molar-refractivity contribution is 6.21. The van der Waals surface area contributed by atoms with Crippen molar-refractivity contribution in [2.75, 3.05) is 14.2 Å². The predicted molar refractivity (Wildman–Crippen MR) is 78.2 cm³/mol. The molecule has 106 valence electrons. The van der Waals surface area contributed by atoms with Gasteiger partial charge in [0, 0.05) is 0 Å². The average molecular weight is 295 g/mol. The highest BCUT2D eigenvalue weighted by Gasteiger charge is 2.20. The fourth-order valence-corrected chi connectivity index (χ4v) is 2.53. The van der Waals surface area contributed by atoms with Crippen molar-refractivity contribution in [2.24, 2.45) is 0 Å². The molecule has 2 aromatic carbocycles. The maximum absolute atomic E-state index is 13.7. The molecule has 0 aliphatic carbocycles. The van der Waals surface area contributed by atoms with E-state index in [1.54, 1.807) is 32.4 Å². The SMILES string of the molecule is COc1cccc(OC)c1C(Cl)Cc1ccccc1F. The number of rotatable bonds is 5. The fraction of sp³-hybridized carbons (Fsp3) is 0.250. The summed E-state index contributed by atoms with van der Waals surface area (Å²) in [4.78, 5) is 0. The lowest BCUT2D eigenvalue weighted by molar-refractivity contribution is 0.384. The largest absolute Gasteiger partial charge is 0.496 e. The minimum absolute atomic E-state index is 0.257. The molecule has 2 aromatic rings. The molecule has 0 aliphatic heterocycles. The van der Waals surface area contributed by atoms with Crippen LogP contribution in [-0.2, 0) is 6.42 Å². The van der Waals surface area contributed by atoms with Crippen molar-refractivity contribution in [3.8, 4) is 11.5 Å². The Kier molecular flexibility index (Phi) is 4.85. The second-order valence-electron chi connectivity index (χ2n) is 4.34. The summed E-state index contributed by atoms with van der Waals surface area (Å²) in [5.74, 6) is 1.02. The molecule has 0 saturated heterocycles. The maximum Gasteiger partial charge on any atom is 0.127 e. The van der Waals surface area contributed by atoms with Gasteiger partial charge in [0.15, 0.2) is 0 Å². The molecule has 0 bridgehead atoms. The van der Waals surface area contributed by atoms with Crippen molar-refractivity contribution in [3.05, 3.63) is 59.4 Å². The predicted octanol–water partition coefficient (Wildman–Crippen LogP) is 4.37. The lowest BCUT2D eigenvalue weighted by atomic mass is 10.0. The highest BCUT2D eigenvalue weighted by Crippen LogP contribution is 2.39. The summed E-state index contributed by atoms with van der Waals surface area (Å²) < 4.78 is 24.3. The molecule has 0 heterocycles. The van der Waals surface area contributed by atoms with Gasteiger partial charge in [0.25, 0.3) is 0 Å². The van der Waals surface area contributed by atoms with Gasteiger partial charge in [-0.3, -0.25) is 0 Å². The topological polar surface area (TPSA) is 18.5 Å². The summed E-state index contributed by atoms with van der Waals surface area (Å²) in [6.45, 7) is 0. The van der Waals surface area contributed by atoms with Gasteiger partial charge in [-0.05, 0) is 30.2 Å². The molecular weight excluding hydrogens is 279 g/mol. The number of alkyl halides is 1. The Morgan fingerprint density at radius 1 is 1.00 bits per heavy atom. The number of ether oxygens (including phenoxy) is 2. The first-order valence-corrected chi connectivity index (χ1v) is 6.69. The minimum atomic E-state index is -0.432. The molecule has 0 spiro atoms. The van der Waals surface area contributed by atoms with Gasteiger partial charge >= 0.3 is 0 Å². The van der Waals surface area contributed by atoms with Crippen LogP contribution in [0.5, 0.6) is 11.5 Å². The van der Waals surface area contributed by atoms with E-state index in [4.69, 9.17) is 21.1 Å². The molecule has 0 aromatic heterocycles. The Balaban J connectivity index is 2.34. The molecule has 0 N–H and O–H groups in total. The van der Waals surface area contributed by atoms with Crippen LogP contribution in [0.1, 0.15) is 16.5 Å². The molecule has 2 rings (SSSR count). The second kappa shape index (κ2) is 6.62. The second-order valence-corrected chi connectivity index (χ2v) is 4.87. The van der Waals surface area contributed by atoms with Crippen LogP contribution in [0.25, 0.3) is 0 Å². The summed E-state index contributed by atoms with van der Waals surface area (Å²) in [7, 11) is 3.15. The Hall–Kier alpha value is -1.74. The zero-order valence-electron chi connectivity index (χ0n) is 11.4. The Bertz CT molecular complexity index is 564. The molecule has 4 heteroatoms. The molecular formula is C16H16ClFO2. The van der Waals surface area contributed by atoms with Gasteiger partial charge in [0.05, 0.1) is 25.2 Å². The van der Waals surface area contributed by atoms with Crippen LogP contribution in [0.4, 0.5) is 4.39 Å². The number of benzene rings is 2. The van der Waals surface area contributed by atoms with E-state index in [2.05, 4.69) is 0 Å². The molecule has 20 heavy (non-hydrogen) atoms. The van der Waals surface area contributed by atoms with Crippen LogP contribution < -0.4 is 9.47 Å². The van der Waals surface area contributed by atoms with E-state index >= 15 is 0 Å². The van der Waals surface area contributed by atoms with Crippen molar-refractivity contribution in [1.29, 1.82) is 0 Å². The van der Waals surface area contributed by atoms with Gasteiger partial charge in [-0.2, -0.15) is 0 Å². The highest BCUT2D eigenvalue weighted by atomic mass is 35.5. The molecule has 1 unspecified atom stereocenters. The van der Waals surface area contributed by atoms with E-state index in [0.717, 1.165) is 5.56 Å². The van der Waals surface area contributed by atoms with E-state index in [1.807, 2.05) is 18.2 Å². The maximum atomic E-state index is 13.7. The Labute approximate surface area is 123 Å². The normalized spacial score (nSPS) is 12.0. The fourth-order valence-electron chi connectivity index (χ4n) is 2.15. The van der Waals surface area contributed by atoms with Gasteiger partial charge in [-0.15, -0.1) is 11.6 Å². The zero-order chi connectivity index (χ0) is 14.5. The number of halogens is 2. The van der Waals surface area contributed by atoms with Gasteiger partial charge in [-0.1, -0.05) is 24.3 Å². The average Bonchev–Trinajstić information content (AvgIpc) is 2.48. The molecule has 0 aliphatic rings. The first-order valence-electron chi connectivity index (χ1n) is 6.25. The van der Waals surface area contributed by atoms with Crippen molar-refractivity contribution in [3.63, 3.8) is 0 Å². The quantitative estimate of drug-likeness (QED) is 0.763. The number of methoxy groups -OCH3 is 2. The first kappa shape index (κ1) is 14.7. The van der Waals surface area contributed by atoms with E-state index in [-0.39, 0.29) is 5.82 Å². The lowest BCUT2D eigenvalue weighted by Gasteiger charge is -2.17. The third-order valence-electron chi connectivity index (χ3n) is 3.14. The van der Waals surface area contributed by atoms with Crippen molar-refractivity contribution >= 4 is 11.6 Å². The Morgan fingerprint density at radius 2 is 1.60 bits per heavy atom. The van der Waals surface area contributed by atoms with Crippen LogP contribution in [-0.4, -0.2) is 14.2 Å². The van der Waals surface area contributed by atoms with E-state index in [1.165, 1.54) is 6.07 Å². The van der Waals surface area contributed by atoms with Gasteiger partial charge in [-0.25, -0.2) is 4.39 Å². The third-order valence-corrected chi connectivity index (χ3v) is 3.51. The van der Waals surface area contributed by atoms with E-state index in [9.17, 15) is 4.39 Å². The van der Waals surface area contributed by atoms with Crippen molar-refractivity contribution in [1.82, 2.24) is 0 Å². The lowest BCUT2D eigenvalue weighted by Crippen LogP contribution is -2.03. The van der Waals surface area contributed by atoms with Crippen LogP contribution in [0, 0.1) is 5.82 Å². The number of hydrogen-bond donors (Lipinski definition) is 0. The van der Waals surface area contributed by atoms with E-state index < -0.39 is 5.38 Å². The van der Waals surface area contributed by atoms with Gasteiger partial charge < -0.3 is 9.47 Å². The molecule has 0 saturated carbocycles. The van der Waals surface area contributed by atoms with E-state index in [0.29, 0.717) is 23.5 Å². The molecule has 0 fully saturated rings. The first-order chi connectivity index (χ1) is 9.67. The molecule has 1 atom stereocenters. The van der Waals surface area contributed by atoms with Crippen LogP contribution in [0.3, 0.4) is 0 Å². The van der Waals surface area contributed by atoms with Crippen LogP contribution >= 0.6 is 11.6 Å². The number of hydrogen-bond acceptors (Lipinski definition) is 2. The Morgan fingerprint density at radius 3 is 2.15 bits per heavy atom. The summed E-state index contributed by atoms with van der Waals surface area (Å²) in [5.41, 5.74) is 1.31. The molecule has 0 amide bonds. The third kappa shape index (κ3) is 3.05. The summed E-state index contributed by atoms with van der Waals surface area (Å²) in [5, 5.41) is -0.432. The standard InChI is InChI=1S/C16H16ClFO2/c1-19-14-8-5-9-15(20-2)16(14)12(17)10-11-6-3-4-7-13(11)18/h3-9,12H,10H2,1-2H3. The van der Waals surface area contributed by atoms with Crippen LogP contribution in [0.15, 0.2) is 42.5 Å². The summed E-state index contributed by atoms with van der Waals surface area (Å²) in [6.07, 6.45) is 0.366. The smallest absolute Gasteiger partial charge is 0.127 e. The summed E-state index contributed by atoms with van der Waals surface area (Å²) in [6, 6.07) is 12.1. The molecule has 2 nitrogen and oxygen atoms in total. The monoisotopic (exact) mass is 294 g/mol. The molecule has 0 radical (unpaired) electrons. The van der Waals surface area contributed by atoms with Crippen LogP contribution in [0.2, 0.25) is 0 Å². The van der Waals surface area contributed by atoms with Gasteiger partial charge in [0.2, 0.25) is 0 Å². The summed E-state index contributed by atoms with van der Waals surface area (Å²) >= 11 is 6.45. The van der Waals surface area contributed by atoms with Crippen molar-refractivity contribution in [2.45, 2.75) is 11.8 Å². The minimum Gasteiger partial charge on any atom is -0.496 e. The zero-order valence-corrected chi connectivity index (χ0v) is 12.2. The van der Waals surface area contributed by atoms with Gasteiger partial charge in [0.1, 0.15) is 17.3 Å².